The van der Waals surface area contributed by atoms with Crippen molar-refractivity contribution < 1.29 is 9.47 Å². The Morgan fingerprint density at radius 3 is 2.47 bits per heavy atom. The molecular formula is C16H27NO2. The highest BCUT2D eigenvalue weighted by atomic mass is 16.5. The van der Waals surface area contributed by atoms with Gasteiger partial charge in [0.1, 0.15) is 5.75 Å². The van der Waals surface area contributed by atoms with Gasteiger partial charge in [0.2, 0.25) is 0 Å². The van der Waals surface area contributed by atoms with Crippen LogP contribution in [0.3, 0.4) is 0 Å². The van der Waals surface area contributed by atoms with E-state index in [-0.39, 0.29) is 11.6 Å². The second kappa shape index (κ2) is 7.51. The Balaban J connectivity index is 2.79. The van der Waals surface area contributed by atoms with E-state index in [4.69, 9.17) is 9.47 Å². The number of benzene rings is 1. The number of hydrogen-bond acceptors (Lipinski definition) is 3. The minimum Gasteiger partial charge on any atom is -0.493 e. The molecule has 1 unspecified atom stereocenters. The fourth-order valence-electron chi connectivity index (χ4n) is 1.77. The molecule has 0 fully saturated rings. The quantitative estimate of drug-likeness (QED) is 0.818. The highest BCUT2D eigenvalue weighted by Gasteiger charge is 2.18. The molecule has 3 nitrogen and oxygen atoms in total. The summed E-state index contributed by atoms with van der Waals surface area (Å²) in [5.74, 6) is 0.946. The maximum absolute atomic E-state index is 5.88. The van der Waals surface area contributed by atoms with Gasteiger partial charge < -0.3 is 14.8 Å². The van der Waals surface area contributed by atoms with Gasteiger partial charge >= 0.3 is 0 Å². The number of likely N-dealkylation sites (N-methyl/N-ethyl adjacent to an activating group) is 1. The first-order valence-electron chi connectivity index (χ1n) is 7.01. The summed E-state index contributed by atoms with van der Waals surface area (Å²) in [7, 11) is 1.95. The third-order valence-electron chi connectivity index (χ3n) is 2.79. The molecule has 0 bridgehead atoms. The Kier molecular flexibility index (Phi) is 6.32. The van der Waals surface area contributed by atoms with Crippen molar-refractivity contribution in [3.05, 3.63) is 29.8 Å². The van der Waals surface area contributed by atoms with E-state index in [2.05, 4.69) is 39.1 Å². The molecule has 1 aromatic rings. The molecule has 0 radical (unpaired) electrons. The fraction of sp³-hybridized carbons (Fsp3) is 0.625. The summed E-state index contributed by atoms with van der Waals surface area (Å²) in [4.78, 5) is 0. The molecule has 0 saturated heterocycles. The summed E-state index contributed by atoms with van der Waals surface area (Å²) in [6.45, 7) is 9.69. The fourth-order valence-corrected chi connectivity index (χ4v) is 1.77. The van der Waals surface area contributed by atoms with E-state index in [1.807, 2.05) is 25.2 Å². The highest BCUT2D eigenvalue weighted by Crippen LogP contribution is 2.26. The van der Waals surface area contributed by atoms with Crippen LogP contribution >= 0.6 is 0 Å². The van der Waals surface area contributed by atoms with Crippen molar-refractivity contribution in [2.75, 3.05) is 20.3 Å². The molecule has 1 rings (SSSR count). The second-order valence-corrected chi connectivity index (χ2v) is 5.65. The van der Waals surface area contributed by atoms with E-state index in [0.717, 1.165) is 24.3 Å². The van der Waals surface area contributed by atoms with Crippen LogP contribution < -0.4 is 10.1 Å². The summed E-state index contributed by atoms with van der Waals surface area (Å²) < 4.78 is 11.7. The lowest BCUT2D eigenvalue weighted by molar-refractivity contribution is -0.0142. The van der Waals surface area contributed by atoms with Crippen LogP contribution in [0.1, 0.15) is 45.7 Å². The number of nitrogens with one attached hydrogen (secondary N) is 1. The first-order valence-corrected chi connectivity index (χ1v) is 7.01. The summed E-state index contributed by atoms with van der Waals surface area (Å²) in [5.41, 5.74) is 1.02. The molecule has 0 aliphatic rings. The average molecular weight is 265 g/mol. The van der Waals surface area contributed by atoms with Crippen molar-refractivity contribution in [3.63, 3.8) is 0 Å². The van der Waals surface area contributed by atoms with E-state index in [0.29, 0.717) is 6.61 Å². The van der Waals surface area contributed by atoms with Gasteiger partial charge in [-0.05, 0) is 40.3 Å². The summed E-state index contributed by atoms with van der Waals surface area (Å²) in [6.07, 6.45) is 1.01. The van der Waals surface area contributed by atoms with Crippen LogP contribution in [0.4, 0.5) is 0 Å². The summed E-state index contributed by atoms with van der Waals surface area (Å²) in [5, 5.41) is 3.30. The standard InChI is InChI=1S/C16H27NO2/c1-6-11-18-15-10-8-7-9-13(15)14(17-5)12-19-16(2,3)4/h7-10,14,17H,6,11-12H2,1-5H3. The van der Waals surface area contributed by atoms with Crippen LogP contribution in [0.2, 0.25) is 0 Å². The molecule has 0 spiro atoms. The maximum Gasteiger partial charge on any atom is 0.124 e. The zero-order valence-corrected chi connectivity index (χ0v) is 12.8. The molecule has 19 heavy (non-hydrogen) atoms. The third-order valence-corrected chi connectivity index (χ3v) is 2.79. The monoisotopic (exact) mass is 265 g/mol. The molecule has 0 heterocycles. The Bertz CT molecular complexity index is 371. The van der Waals surface area contributed by atoms with E-state index in [1.54, 1.807) is 0 Å². The van der Waals surface area contributed by atoms with Gasteiger partial charge in [-0.1, -0.05) is 25.1 Å². The molecule has 0 aromatic heterocycles. The third kappa shape index (κ3) is 5.62. The van der Waals surface area contributed by atoms with E-state index < -0.39 is 0 Å². The lowest BCUT2D eigenvalue weighted by atomic mass is 10.1. The van der Waals surface area contributed by atoms with Crippen molar-refractivity contribution in [1.82, 2.24) is 5.32 Å². The number of rotatable bonds is 7. The smallest absolute Gasteiger partial charge is 0.124 e. The zero-order chi connectivity index (χ0) is 14.3. The van der Waals surface area contributed by atoms with Gasteiger partial charge in [-0.25, -0.2) is 0 Å². The predicted octanol–water partition coefficient (Wildman–Crippen LogP) is 3.55. The Labute approximate surface area is 117 Å². The number of hydrogen-bond donors (Lipinski definition) is 1. The van der Waals surface area contributed by atoms with Gasteiger partial charge in [0.05, 0.1) is 24.9 Å². The molecule has 3 heteroatoms. The highest BCUT2D eigenvalue weighted by molar-refractivity contribution is 5.36. The average Bonchev–Trinajstić information content (AvgIpc) is 2.37. The SMILES string of the molecule is CCCOc1ccccc1C(COC(C)(C)C)NC. The molecular weight excluding hydrogens is 238 g/mol. The summed E-state index contributed by atoms with van der Waals surface area (Å²) in [6, 6.07) is 8.30. The van der Waals surface area contributed by atoms with Crippen LogP contribution in [0.5, 0.6) is 5.75 Å². The minimum absolute atomic E-state index is 0.131. The topological polar surface area (TPSA) is 30.5 Å². The molecule has 0 aliphatic carbocycles. The van der Waals surface area contributed by atoms with Gasteiger partial charge in [-0.3, -0.25) is 0 Å². The van der Waals surface area contributed by atoms with Crippen LogP contribution in [-0.4, -0.2) is 25.9 Å². The van der Waals surface area contributed by atoms with Crippen LogP contribution in [0, 0.1) is 0 Å². The largest absolute Gasteiger partial charge is 0.493 e. The van der Waals surface area contributed by atoms with E-state index >= 15 is 0 Å². The van der Waals surface area contributed by atoms with Crippen molar-refractivity contribution >= 4 is 0 Å². The van der Waals surface area contributed by atoms with Gasteiger partial charge in [-0.2, -0.15) is 0 Å². The molecule has 0 saturated carbocycles. The molecule has 108 valence electrons. The first kappa shape index (κ1) is 16.0. The lowest BCUT2D eigenvalue weighted by Crippen LogP contribution is -2.28. The minimum atomic E-state index is -0.131. The first-order chi connectivity index (χ1) is 8.98. The van der Waals surface area contributed by atoms with E-state index in [1.165, 1.54) is 0 Å². The van der Waals surface area contributed by atoms with Gasteiger partial charge in [0.15, 0.2) is 0 Å². The molecule has 1 N–H and O–H groups in total. The normalized spacial score (nSPS) is 13.3. The van der Waals surface area contributed by atoms with Gasteiger partial charge in [-0.15, -0.1) is 0 Å². The Morgan fingerprint density at radius 2 is 1.89 bits per heavy atom. The maximum atomic E-state index is 5.88. The Hall–Kier alpha value is -1.06. The van der Waals surface area contributed by atoms with Crippen LogP contribution in [-0.2, 0) is 4.74 Å². The molecule has 1 atom stereocenters. The molecule has 1 aromatic carbocycles. The zero-order valence-electron chi connectivity index (χ0n) is 12.8. The molecule has 0 aliphatic heterocycles. The van der Waals surface area contributed by atoms with Crippen molar-refractivity contribution in [2.24, 2.45) is 0 Å². The Morgan fingerprint density at radius 1 is 1.21 bits per heavy atom. The lowest BCUT2D eigenvalue weighted by Gasteiger charge is -2.25. The summed E-state index contributed by atoms with van der Waals surface area (Å²) >= 11 is 0. The van der Waals surface area contributed by atoms with Gasteiger partial charge in [0, 0.05) is 5.56 Å². The van der Waals surface area contributed by atoms with Gasteiger partial charge in [0.25, 0.3) is 0 Å². The predicted molar refractivity (Wildman–Crippen MR) is 79.7 cm³/mol. The van der Waals surface area contributed by atoms with Crippen LogP contribution in [0.15, 0.2) is 24.3 Å². The number of para-hydroxylation sites is 1. The number of ether oxygens (including phenoxy) is 2. The van der Waals surface area contributed by atoms with Crippen molar-refractivity contribution in [3.8, 4) is 5.75 Å². The van der Waals surface area contributed by atoms with E-state index in [9.17, 15) is 0 Å². The van der Waals surface area contributed by atoms with Crippen LogP contribution in [0.25, 0.3) is 0 Å². The van der Waals surface area contributed by atoms with Crippen molar-refractivity contribution in [2.45, 2.75) is 45.8 Å². The second-order valence-electron chi connectivity index (χ2n) is 5.65. The van der Waals surface area contributed by atoms with Crippen molar-refractivity contribution in [1.29, 1.82) is 0 Å². The molecule has 0 amide bonds.